The van der Waals surface area contributed by atoms with Gasteiger partial charge in [-0.25, -0.2) is 4.39 Å². The highest BCUT2D eigenvalue weighted by atomic mass is 19.1. The number of hydrogen-bond donors (Lipinski definition) is 2. The number of halogens is 1. The fourth-order valence-electron chi connectivity index (χ4n) is 2.89. The molecule has 0 radical (unpaired) electrons. The molecule has 0 aromatic rings. The standard InChI is InChI=1S/C13H14FN3O3/c14-11-7-5-17(9-3-4-10(18)16-12(9)19)13(20)6(7)1-2-8(11)15/h9H,1-5,15H2,(H,16,18,19). The molecular formula is C13H14FN3O3. The van der Waals surface area contributed by atoms with Gasteiger partial charge in [0.15, 0.2) is 0 Å². The van der Waals surface area contributed by atoms with Crippen LogP contribution in [0.15, 0.2) is 22.7 Å². The van der Waals surface area contributed by atoms with Gasteiger partial charge in [-0.15, -0.1) is 0 Å². The molecule has 2 aliphatic heterocycles. The zero-order chi connectivity index (χ0) is 14.4. The molecule has 0 bridgehead atoms. The van der Waals surface area contributed by atoms with Crippen LogP contribution in [0.4, 0.5) is 4.39 Å². The molecule has 0 spiro atoms. The highest BCUT2D eigenvalue weighted by Gasteiger charge is 2.42. The molecule has 106 valence electrons. The van der Waals surface area contributed by atoms with E-state index in [1.807, 2.05) is 0 Å². The van der Waals surface area contributed by atoms with Crippen molar-refractivity contribution in [3.05, 3.63) is 22.7 Å². The van der Waals surface area contributed by atoms with E-state index < -0.39 is 17.8 Å². The number of nitrogens with zero attached hydrogens (tertiary/aromatic N) is 1. The van der Waals surface area contributed by atoms with Crippen molar-refractivity contribution in [2.75, 3.05) is 6.54 Å². The van der Waals surface area contributed by atoms with E-state index in [0.717, 1.165) is 0 Å². The number of carbonyl (C=O) groups excluding carboxylic acids is 3. The predicted octanol–water partition coefficient (Wildman–Crippen LogP) is -0.136. The normalized spacial score (nSPS) is 27.1. The minimum Gasteiger partial charge on any atom is -0.400 e. The lowest BCUT2D eigenvalue weighted by Crippen LogP contribution is -2.53. The van der Waals surface area contributed by atoms with E-state index in [1.54, 1.807) is 0 Å². The maximum absolute atomic E-state index is 14.0. The monoisotopic (exact) mass is 279 g/mol. The molecule has 3 rings (SSSR count). The van der Waals surface area contributed by atoms with Gasteiger partial charge >= 0.3 is 0 Å². The summed E-state index contributed by atoms with van der Waals surface area (Å²) in [5.41, 5.74) is 6.42. The second-order valence-corrected chi connectivity index (χ2v) is 5.20. The van der Waals surface area contributed by atoms with Gasteiger partial charge in [0.2, 0.25) is 11.8 Å². The summed E-state index contributed by atoms with van der Waals surface area (Å²) in [7, 11) is 0. The molecule has 0 saturated carbocycles. The Hall–Kier alpha value is -2.18. The molecule has 7 heteroatoms. The van der Waals surface area contributed by atoms with E-state index in [-0.39, 0.29) is 36.9 Å². The zero-order valence-electron chi connectivity index (χ0n) is 10.7. The SMILES string of the molecule is NC1=C(F)C2=C(CC1)C(=O)N(C1CCC(=O)NC1=O)C2. The van der Waals surface area contributed by atoms with Gasteiger partial charge in [0.05, 0.1) is 6.54 Å². The van der Waals surface area contributed by atoms with Gasteiger partial charge in [-0.05, 0) is 19.3 Å². The number of amides is 3. The van der Waals surface area contributed by atoms with Crippen molar-refractivity contribution < 1.29 is 18.8 Å². The number of nitrogens with one attached hydrogen (secondary N) is 1. The van der Waals surface area contributed by atoms with Crippen LogP contribution in [0.5, 0.6) is 0 Å². The molecular weight excluding hydrogens is 265 g/mol. The summed E-state index contributed by atoms with van der Waals surface area (Å²) in [6.45, 7) is 0.0486. The van der Waals surface area contributed by atoms with Gasteiger partial charge in [0, 0.05) is 23.3 Å². The lowest BCUT2D eigenvalue weighted by atomic mass is 9.97. The number of carbonyl (C=O) groups is 3. The maximum Gasteiger partial charge on any atom is 0.251 e. The second-order valence-electron chi connectivity index (χ2n) is 5.20. The van der Waals surface area contributed by atoms with Gasteiger partial charge in [0.1, 0.15) is 11.9 Å². The van der Waals surface area contributed by atoms with Crippen LogP contribution in [-0.2, 0) is 14.4 Å². The fraction of sp³-hybridized carbons (Fsp3) is 0.462. The Morgan fingerprint density at radius 2 is 1.90 bits per heavy atom. The molecule has 0 aromatic carbocycles. The third-order valence-corrected chi connectivity index (χ3v) is 3.99. The van der Waals surface area contributed by atoms with Crippen LogP contribution in [-0.4, -0.2) is 35.2 Å². The Morgan fingerprint density at radius 3 is 2.60 bits per heavy atom. The fourth-order valence-corrected chi connectivity index (χ4v) is 2.89. The summed E-state index contributed by atoms with van der Waals surface area (Å²) in [6.07, 6.45) is 1.18. The maximum atomic E-state index is 14.0. The van der Waals surface area contributed by atoms with Gasteiger partial charge in [0.25, 0.3) is 5.91 Å². The Bertz CT molecular complexity index is 594. The number of hydrogen-bond acceptors (Lipinski definition) is 4. The molecule has 1 atom stereocenters. The van der Waals surface area contributed by atoms with Crippen LogP contribution in [0.25, 0.3) is 0 Å². The third-order valence-electron chi connectivity index (χ3n) is 3.99. The average molecular weight is 279 g/mol. The van der Waals surface area contributed by atoms with Crippen LogP contribution in [0.3, 0.4) is 0 Å². The van der Waals surface area contributed by atoms with Crippen molar-refractivity contribution in [3.8, 4) is 0 Å². The summed E-state index contributed by atoms with van der Waals surface area (Å²) >= 11 is 0. The van der Waals surface area contributed by atoms with Crippen LogP contribution >= 0.6 is 0 Å². The molecule has 3 aliphatic rings. The minimum absolute atomic E-state index is 0.0486. The largest absolute Gasteiger partial charge is 0.400 e. The van der Waals surface area contributed by atoms with Crippen LogP contribution < -0.4 is 11.1 Å². The summed E-state index contributed by atoms with van der Waals surface area (Å²) in [4.78, 5) is 36.6. The first-order valence-electron chi connectivity index (χ1n) is 6.50. The topological polar surface area (TPSA) is 92.5 Å². The van der Waals surface area contributed by atoms with Gasteiger partial charge in [-0.2, -0.15) is 0 Å². The van der Waals surface area contributed by atoms with Crippen molar-refractivity contribution >= 4 is 17.7 Å². The van der Waals surface area contributed by atoms with E-state index in [0.29, 0.717) is 24.0 Å². The summed E-state index contributed by atoms with van der Waals surface area (Å²) in [5, 5.41) is 2.21. The molecule has 1 fully saturated rings. The number of rotatable bonds is 1. The minimum atomic E-state index is -0.708. The Balaban J connectivity index is 1.85. The Labute approximate surface area is 114 Å². The smallest absolute Gasteiger partial charge is 0.251 e. The predicted molar refractivity (Wildman–Crippen MR) is 66.5 cm³/mol. The number of allylic oxidation sites excluding steroid dienone is 1. The molecule has 1 unspecified atom stereocenters. The number of piperidine rings is 1. The number of imide groups is 1. The molecule has 3 N–H and O–H groups in total. The van der Waals surface area contributed by atoms with Gasteiger partial charge in [-0.3, -0.25) is 19.7 Å². The quantitative estimate of drug-likeness (QED) is 0.654. The van der Waals surface area contributed by atoms with Gasteiger partial charge < -0.3 is 10.6 Å². The van der Waals surface area contributed by atoms with E-state index >= 15 is 0 Å². The van der Waals surface area contributed by atoms with Crippen molar-refractivity contribution in [1.29, 1.82) is 0 Å². The van der Waals surface area contributed by atoms with E-state index in [1.165, 1.54) is 4.90 Å². The first-order valence-corrected chi connectivity index (χ1v) is 6.50. The van der Waals surface area contributed by atoms with Crippen molar-refractivity contribution in [2.45, 2.75) is 31.7 Å². The van der Waals surface area contributed by atoms with E-state index in [2.05, 4.69) is 5.32 Å². The first-order chi connectivity index (χ1) is 9.49. The highest BCUT2D eigenvalue weighted by Crippen LogP contribution is 2.36. The first kappa shape index (κ1) is 12.8. The van der Waals surface area contributed by atoms with E-state index in [4.69, 9.17) is 5.73 Å². The molecule has 2 heterocycles. The highest BCUT2D eigenvalue weighted by molar-refractivity contribution is 6.05. The molecule has 6 nitrogen and oxygen atoms in total. The molecule has 1 aliphatic carbocycles. The van der Waals surface area contributed by atoms with Crippen molar-refractivity contribution in [3.63, 3.8) is 0 Å². The van der Waals surface area contributed by atoms with Crippen LogP contribution in [0, 0.1) is 0 Å². The average Bonchev–Trinajstić information content (AvgIpc) is 2.72. The molecule has 0 aromatic heterocycles. The van der Waals surface area contributed by atoms with Crippen LogP contribution in [0.2, 0.25) is 0 Å². The van der Waals surface area contributed by atoms with Crippen LogP contribution in [0.1, 0.15) is 25.7 Å². The number of nitrogens with two attached hydrogens (primary N) is 1. The summed E-state index contributed by atoms with van der Waals surface area (Å²) in [5.74, 6) is -1.69. The zero-order valence-corrected chi connectivity index (χ0v) is 10.7. The summed E-state index contributed by atoms with van der Waals surface area (Å²) in [6, 6.07) is -0.708. The van der Waals surface area contributed by atoms with Crippen molar-refractivity contribution in [2.24, 2.45) is 5.73 Å². The Morgan fingerprint density at radius 1 is 1.15 bits per heavy atom. The third kappa shape index (κ3) is 1.81. The van der Waals surface area contributed by atoms with Crippen molar-refractivity contribution in [1.82, 2.24) is 10.2 Å². The summed E-state index contributed by atoms with van der Waals surface area (Å²) < 4.78 is 14.0. The van der Waals surface area contributed by atoms with E-state index in [9.17, 15) is 18.8 Å². The van der Waals surface area contributed by atoms with Gasteiger partial charge in [-0.1, -0.05) is 0 Å². The molecule has 3 amide bonds. The molecule has 20 heavy (non-hydrogen) atoms. The Kier molecular flexibility index (Phi) is 2.84. The lowest BCUT2D eigenvalue weighted by Gasteiger charge is -2.29. The second kappa shape index (κ2) is 4.43. The lowest BCUT2D eigenvalue weighted by molar-refractivity contribution is -0.142. The molecule has 1 saturated heterocycles.